The Kier molecular flexibility index (Phi) is 9.31. The number of benzene rings is 3. The number of piperidine rings is 2. The highest BCUT2D eigenvalue weighted by Gasteiger charge is 2.50. The number of halogens is 2. The summed E-state index contributed by atoms with van der Waals surface area (Å²) in [6.45, 7) is 3.45. The molecule has 4 aromatic rings. The number of nitrogens with two attached hydrogens (primary N) is 1. The molecule has 3 saturated heterocycles. The van der Waals surface area contributed by atoms with Gasteiger partial charge in [0.15, 0.2) is 5.69 Å². The monoisotopic (exact) mass is 731 g/mol. The molecular formula is C37H39BrFN5O5. The molecule has 3 fully saturated rings. The molecule has 4 heterocycles. The summed E-state index contributed by atoms with van der Waals surface area (Å²) >= 11 is 3.63. The van der Waals surface area contributed by atoms with Crippen molar-refractivity contribution in [3.63, 3.8) is 0 Å². The van der Waals surface area contributed by atoms with Gasteiger partial charge in [-0.1, -0.05) is 58.4 Å². The maximum atomic E-state index is 14.2. The number of ether oxygens (including phenoxy) is 2. The molecule has 0 unspecified atom stereocenters. The molecule has 0 saturated carbocycles. The summed E-state index contributed by atoms with van der Waals surface area (Å²) in [4.78, 5) is 35.9. The quantitative estimate of drug-likeness (QED) is 0.263. The van der Waals surface area contributed by atoms with Crippen molar-refractivity contribution < 1.29 is 23.8 Å². The second-order valence-corrected chi connectivity index (χ2v) is 14.3. The number of aliphatic hydroxyl groups is 1. The zero-order chi connectivity index (χ0) is 34.2. The number of likely N-dealkylation sites (tertiary alicyclic amines) is 2. The van der Waals surface area contributed by atoms with Crippen LogP contribution in [0.4, 0.5) is 10.1 Å². The van der Waals surface area contributed by atoms with Gasteiger partial charge in [0.2, 0.25) is 11.8 Å². The summed E-state index contributed by atoms with van der Waals surface area (Å²) in [7, 11) is 0. The lowest BCUT2D eigenvalue weighted by Gasteiger charge is -2.54. The van der Waals surface area contributed by atoms with Crippen LogP contribution in [-0.4, -0.2) is 75.4 Å². The number of hydrogen-bond acceptors (Lipinski definition) is 8. The molecule has 0 bridgehead atoms. The van der Waals surface area contributed by atoms with E-state index in [4.69, 9.17) is 15.2 Å². The summed E-state index contributed by atoms with van der Waals surface area (Å²) in [6.07, 6.45) is 2.61. The van der Waals surface area contributed by atoms with Gasteiger partial charge in [-0.3, -0.25) is 19.1 Å². The van der Waals surface area contributed by atoms with Gasteiger partial charge in [0.05, 0.1) is 30.9 Å². The maximum Gasteiger partial charge on any atom is 0.280 e. The minimum absolute atomic E-state index is 0.00356. The van der Waals surface area contributed by atoms with Gasteiger partial charge in [0.1, 0.15) is 17.9 Å². The molecule has 0 radical (unpaired) electrons. The summed E-state index contributed by atoms with van der Waals surface area (Å²) in [5.74, 6) is -0.332. The Morgan fingerprint density at radius 3 is 2.45 bits per heavy atom. The average molecular weight is 733 g/mol. The fourth-order valence-corrected chi connectivity index (χ4v) is 7.83. The van der Waals surface area contributed by atoms with Crippen LogP contribution in [-0.2, 0) is 21.6 Å². The lowest BCUT2D eigenvalue weighted by Crippen LogP contribution is -2.63. The van der Waals surface area contributed by atoms with Crippen molar-refractivity contribution in [3.05, 3.63) is 117 Å². The van der Waals surface area contributed by atoms with E-state index in [0.717, 1.165) is 23.1 Å². The van der Waals surface area contributed by atoms with E-state index >= 15 is 0 Å². The summed E-state index contributed by atoms with van der Waals surface area (Å²) < 4.78 is 26.9. The molecule has 1 amide bonds. The summed E-state index contributed by atoms with van der Waals surface area (Å²) in [6, 6.07) is 24.0. The van der Waals surface area contributed by atoms with E-state index in [1.54, 1.807) is 0 Å². The number of amides is 1. The third-order valence-electron chi connectivity index (χ3n) is 10.3. The highest BCUT2D eigenvalue weighted by molar-refractivity contribution is 9.10. The Bertz CT molecular complexity index is 1860. The Labute approximate surface area is 292 Å². The molecule has 2 atom stereocenters. The second-order valence-electron chi connectivity index (χ2n) is 13.4. The Morgan fingerprint density at radius 1 is 1.04 bits per heavy atom. The van der Waals surface area contributed by atoms with Gasteiger partial charge < -0.3 is 25.2 Å². The van der Waals surface area contributed by atoms with Crippen molar-refractivity contribution in [2.45, 2.75) is 42.9 Å². The number of nitrogens with zero attached hydrogens (tertiary/aromatic N) is 4. The van der Waals surface area contributed by atoms with E-state index in [9.17, 15) is 19.1 Å². The van der Waals surface area contributed by atoms with Crippen LogP contribution in [0.25, 0.3) is 0 Å². The number of carbonyl (C=O) groups excluding carboxylic acids is 1. The lowest BCUT2D eigenvalue weighted by molar-refractivity contribution is -0.163. The van der Waals surface area contributed by atoms with Crippen molar-refractivity contribution in [3.8, 4) is 11.6 Å². The number of carbonyl (C=O) groups is 1. The smallest absolute Gasteiger partial charge is 0.280 e. The standard InChI is InChI=1S/C37H39BrFN5O5/c38-27-8-4-7-26(19-27)37(22-48-23-37)44-16-13-30(31(20-44)25-5-2-1-3-6-25)34(45)42-17-14-36(47,15-18-42)21-43-24-41-33(32(40)35(43)46)49-29-11-9-28(39)10-12-29/h1-12,19,24,30-31,47H,13-18,20-23,40H2/t30-,31+/m1/s1. The van der Waals surface area contributed by atoms with Gasteiger partial charge in [0, 0.05) is 35.9 Å². The molecule has 10 nitrogen and oxygen atoms in total. The molecule has 3 aromatic carbocycles. The Morgan fingerprint density at radius 2 is 1.78 bits per heavy atom. The van der Waals surface area contributed by atoms with Crippen LogP contribution in [0.1, 0.15) is 36.3 Å². The van der Waals surface area contributed by atoms with E-state index in [1.165, 1.54) is 40.7 Å². The van der Waals surface area contributed by atoms with Crippen molar-refractivity contribution >= 4 is 27.5 Å². The normalized spacial score (nSPS) is 21.9. The van der Waals surface area contributed by atoms with Crippen LogP contribution < -0.4 is 16.0 Å². The SMILES string of the molecule is Nc1c(Oc2ccc(F)cc2)ncn(CC2(O)CCN(C(=O)[C@@H]3CCN(C4(c5cccc(Br)c5)COC4)C[C@H]3c3ccccc3)CC2)c1=O. The van der Waals surface area contributed by atoms with E-state index in [-0.39, 0.29) is 47.1 Å². The van der Waals surface area contributed by atoms with Crippen LogP contribution >= 0.6 is 15.9 Å². The predicted octanol–water partition coefficient (Wildman–Crippen LogP) is 4.90. The van der Waals surface area contributed by atoms with Gasteiger partial charge in [-0.15, -0.1) is 0 Å². The fourth-order valence-electron chi connectivity index (χ4n) is 7.43. The molecule has 0 aliphatic carbocycles. The molecule has 3 aliphatic heterocycles. The third kappa shape index (κ3) is 6.74. The van der Waals surface area contributed by atoms with Crippen molar-refractivity contribution in [1.29, 1.82) is 0 Å². The largest absolute Gasteiger partial charge is 0.437 e. The van der Waals surface area contributed by atoms with Crippen LogP contribution in [0.2, 0.25) is 0 Å². The first-order valence-electron chi connectivity index (χ1n) is 16.6. The van der Waals surface area contributed by atoms with Gasteiger partial charge in [-0.05, 0) is 73.3 Å². The first kappa shape index (κ1) is 33.4. The Hall–Kier alpha value is -4.10. The molecule has 12 heteroatoms. The first-order valence-corrected chi connectivity index (χ1v) is 17.4. The van der Waals surface area contributed by atoms with Crippen molar-refractivity contribution in [2.75, 3.05) is 45.1 Å². The molecule has 3 N–H and O–H groups in total. The van der Waals surface area contributed by atoms with Gasteiger partial charge in [-0.25, -0.2) is 9.37 Å². The van der Waals surface area contributed by atoms with E-state index in [2.05, 4.69) is 56.1 Å². The molecular weight excluding hydrogens is 693 g/mol. The fraction of sp³-hybridized carbons (Fsp3) is 0.378. The highest BCUT2D eigenvalue weighted by Crippen LogP contribution is 2.44. The van der Waals surface area contributed by atoms with Crippen LogP contribution in [0, 0.1) is 11.7 Å². The molecule has 7 rings (SSSR count). The Balaban J connectivity index is 1.03. The van der Waals surface area contributed by atoms with E-state index in [0.29, 0.717) is 45.6 Å². The minimum atomic E-state index is -1.23. The minimum Gasteiger partial charge on any atom is -0.437 e. The van der Waals surface area contributed by atoms with Crippen LogP contribution in [0.15, 0.2) is 94.5 Å². The number of rotatable bonds is 8. The number of hydrogen-bond donors (Lipinski definition) is 2. The van der Waals surface area contributed by atoms with Crippen LogP contribution in [0.3, 0.4) is 0 Å². The number of aromatic nitrogens is 2. The maximum absolute atomic E-state index is 14.2. The molecule has 3 aliphatic rings. The van der Waals surface area contributed by atoms with Crippen LogP contribution in [0.5, 0.6) is 11.6 Å². The van der Waals surface area contributed by atoms with Gasteiger partial charge in [0.25, 0.3) is 5.56 Å². The zero-order valence-electron chi connectivity index (χ0n) is 27.0. The zero-order valence-corrected chi connectivity index (χ0v) is 28.6. The predicted molar refractivity (Wildman–Crippen MR) is 186 cm³/mol. The molecule has 256 valence electrons. The number of nitrogen functional groups attached to an aromatic ring is 1. The summed E-state index contributed by atoms with van der Waals surface area (Å²) in [5.41, 5.74) is 6.20. The molecule has 0 spiro atoms. The lowest BCUT2D eigenvalue weighted by atomic mass is 9.76. The second kappa shape index (κ2) is 13.7. The number of anilines is 1. The first-order chi connectivity index (χ1) is 23.6. The topological polar surface area (TPSA) is 123 Å². The van der Waals surface area contributed by atoms with E-state index in [1.807, 2.05) is 29.2 Å². The van der Waals surface area contributed by atoms with E-state index < -0.39 is 17.0 Å². The molecule has 49 heavy (non-hydrogen) atoms. The average Bonchev–Trinajstić information content (AvgIpc) is 3.09. The van der Waals surface area contributed by atoms with Gasteiger partial charge in [-0.2, -0.15) is 0 Å². The highest BCUT2D eigenvalue weighted by atomic mass is 79.9. The summed E-state index contributed by atoms with van der Waals surface area (Å²) in [5, 5.41) is 11.5. The third-order valence-corrected chi connectivity index (χ3v) is 10.8. The van der Waals surface area contributed by atoms with Gasteiger partial charge >= 0.3 is 0 Å². The van der Waals surface area contributed by atoms with Crippen molar-refractivity contribution in [2.24, 2.45) is 5.92 Å². The van der Waals surface area contributed by atoms with Crippen molar-refractivity contribution in [1.82, 2.24) is 19.4 Å². The molecule has 1 aromatic heterocycles.